The predicted molar refractivity (Wildman–Crippen MR) is 77.6 cm³/mol. The van der Waals surface area contributed by atoms with E-state index >= 15 is 0 Å². The van der Waals surface area contributed by atoms with Crippen LogP contribution in [0.3, 0.4) is 0 Å². The first kappa shape index (κ1) is 15.2. The maximum absolute atomic E-state index is 12.7. The fraction of sp³-hybridized carbons (Fsp3) is 0.615. The van der Waals surface area contributed by atoms with Crippen LogP contribution < -0.4 is 0 Å². The van der Waals surface area contributed by atoms with Gasteiger partial charge in [0.05, 0.1) is 11.7 Å². The molecule has 0 amide bonds. The predicted octanol–water partition coefficient (Wildman–Crippen LogP) is 0.854. The summed E-state index contributed by atoms with van der Waals surface area (Å²) in [5.74, 6) is 1.05. The Hall–Kier alpha value is -1.74. The molecule has 1 aliphatic heterocycles. The summed E-state index contributed by atoms with van der Waals surface area (Å²) in [5, 5.41) is 3.89. The molecular weight excluding hydrogens is 306 g/mol. The molecule has 22 heavy (non-hydrogen) atoms. The number of hydrogen-bond donors (Lipinski definition) is 0. The standard InChI is InChI=1S/C13H19N5O3S/c1-10-15-12(21-16-10)13(2)5-4-6-18(8-13)22(19,20)11-7-17(3)9-14-11/h7,9H,4-6,8H2,1-3H3/t13-/m1/s1. The topological polar surface area (TPSA) is 94.1 Å². The smallest absolute Gasteiger partial charge is 0.262 e. The monoisotopic (exact) mass is 325 g/mol. The number of imidazole rings is 1. The lowest BCUT2D eigenvalue weighted by atomic mass is 9.83. The molecule has 0 saturated carbocycles. The minimum Gasteiger partial charge on any atom is -0.339 e. The number of aromatic nitrogens is 4. The van der Waals surface area contributed by atoms with Crippen molar-refractivity contribution >= 4 is 10.0 Å². The highest BCUT2D eigenvalue weighted by molar-refractivity contribution is 7.89. The van der Waals surface area contributed by atoms with Crippen LogP contribution in [0.2, 0.25) is 0 Å². The van der Waals surface area contributed by atoms with E-state index in [9.17, 15) is 8.42 Å². The quantitative estimate of drug-likeness (QED) is 0.830. The first-order valence-corrected chi connectivity index (χ1v) is 8.54. The van der Waals surface area contributed by atoms with Gasteiger partial charge in [0.2, 0.25) is 5.89 Å². The molecular formula is C13H19N5O3S. The maximum atomic E-state index is 12.7. The molecule has 0 radical (unpaired) electrons. The van der Waals surface area contributed by atoms with Crippen LogP contribution in [-0.2, 0) is 22.5 Å². The van der Waals surface area contributed by atoms with Crippen molar-refractivity contribution in [3.63, 3.8) is 0 Å². The van der Waals surface area contributed by atoms with Crippen molar-refractivity contribution in [1.29, 1.82) is 0 Å². The molecule has 0 aromatic carbocycles. The van der Waals surface area contributed by atoms with Gasteiger partial charge in [0, 0.05) is 26.3 Å². The van der Waals surface area contributed by atoms with Gasteiger partial charge in [-0.1, -0.05) is 5.16 Å². The van der Waals surface area contributed by atoms with Crippen molar-refractivity contribution in [3.05, 3.63) is 24.2 Å². The molecule has 1 saturated heterocycles. The van der Waals surface area contributed by atoms with Gasteiger partial charge in [0.25, 0.3) is 10.0 Å². The highest BCUT2D eigenvalue weighted by Gasteiger charge is 2.42. The van der Waals surface area contributed by atoms with Crippen LogP contribution in [0.5, 0.6) is 0 Å². The number of piperidine rings is 1. The second-order valence-corrected chi connectivity index (χ2v) is 7.91. The SMILES string of the molecule is Cc1noc([C@]2(C)CCCN(S(=O)(=O)c3cn(C)cn3)C2)n1. The number of hydrogen-bond acceptors (Lipinski definition) is 6. The van der Waals surface area contributed by atoms with E-state index in [-0.39, 0.29) is 5.03 Å². The van der Waals surface area contributed by atoms with E-state index in [1.165, 1.54) is 16.8 Å². The zero-order chi connectivity index (χ0) is 16.0. The van der Waals surface area contributed by atoms with Gasteiger partial charge in [0.15, 0.2) is 10.9 Å². The Morgan fingerprint density at radius 3 is 2.77 bits per heavy atom. The first-order valence-electron chi connectivity index (χ1n) is 7.10. The average Bonchev–Trinajstić information content (AvgIpc) is 3.08. The Balaban J connectivity index is 1.90. The minimum atomic E-state index is -3.60. The van der Waals surface area contributed by atoms with Gasteiger partial charge in [-0.2, -0.15) is 9.29 Å². The molecule has 1 aliphatic rings. The summed E-state index contributed by atoms with van der Waals surface area (Å²) < 4.78 is 33.8. The molecule has 0 N–H and O–H groups in total. The van der Waals surface area contributed by atoms with Crippen molar-refractivity contribution < 1.29 is 12.9 Å². The van der Waals surface area contributed by atoms with Crippen LogP contribution in [0, 0.1) is 6.92 Å². The van der Waals surface area contributed by atoms with Crippen molar-refractivity contribution in [3.8, 4) is 0 Å². The van der Waals surface area contributed by atoms with E-state index in [4.69, 9.17) is 4.52 Å². The third-order valence-electron chi connectivity index (χ3n) is 3.99. The number of rotatable bonds is 3. The van der Waals surface area contributed by atoms with Gasteiger partial charge in [-0.05, 0) is 26.7 Å². The lowest BCUT2D eigenvalue weighted by Gasteiger charge is -2.36. The molecule has 3 rings (SSSR count). The van der Waals surface area contributed by atoms with E-state index in [2.05, 4.69) is 15.1 Å². The lowest BCUT2D eigenvalue weighted by molar-refractivity contribution is 0.190. The summed E-state index contributed by atoms with van der Waals surface area (Å²) in [5.41, 5.74) is -0.471. The number of aryl methyl sites for hydroxylation is 2. The van der Waals surface area contributed by atoms with Gasteiger partial charge in [-0.3, -0.25) is 0 Å². The highest BCUT2D eigenvalue weighted by Crippen LogP contribution is 2.34. The average molecular weight is 325 g/mol. The lowest BCUT2D eigenvalue weighted by Crippen LogP contribution is -2.47. The van der Waals surface area contributed by atoms with Crippen molar-refractivity contribution in [1.82, 2.24) is 24.0 Å². The molecule has 120 valence electrons. The fourth-order valence-corrected chi connectivity index (χ4v) is 4.34. The first-order chi connectivity index (χ1) is 10.3. The van der Waals surface area contributed by atoms with Crippen LogP contribution in [0.25, 0.3) is 0 Å². The number of nitrogens with zero attached hydrogens (tertiary/aromatic N) is 5. The summed E-state index contributed by atoms with van der Waals surface area (Å²) in [6.07, 6.45) is 4.54. The Morgan fingerprint density at radius 2 is 2.18 bits per heavy atom. The van der Waals surface area contributed by atoms with Crippen LogP contribution in [0.15, 0.2) is 22.1 Å². The molecule has 0 aliphatic carbocycles. The van der Waals surface area contributed by atoms with Crippen molar-refractivity contribution in [2.24, 2.45) is 7.05 Å². The second kappa shape index (κ2) is 5.17. The van der Waals surface area contributed by atoms with E-state index in [0.717, 1.165) is 12.8 Å². The summed E-state index contributed by atoms with van der Waals surface area (Å²) in [6.45, 7) is 4.50. The maximum Gasteiger partial charge on any atom is 0.262 e. The van der Waals surface area contributed by atoms with Crippen LogP contribution in [-0.4, -0.2) is 45.5 Å². The zero-order valence-electron chi connectivity index (χ0n) is 12.9. The summed E-state index contributed by atoms with van der Waals surface area (Å²) in [7, 11) is -1.86. The molecule has 8 nitrogen and oxygen atoms in total. The highest BCUT2D eigenvalue weighted by atomic mass is 32.2. The van der Waals surface area contributed by atoms with E-state index in [1.807, 2.05) is 6.92 Å². The molecule has 1 atom stereocenters. The third kappa shape index (κ3) is 2.54. The van der Waals surface area contributed by atoms with E-state index in [1.54, 1.807) is 18.5 Å². The Bertz CT molecular complexity index is 781. The number of sulfonamides is 1. The minimum absolute atomic E-state index is 0.0703. The van der Waals surface area contributed by atoms with Gasteiger partial charge >= 0.3 is 0 Å². The Kier molecular flexibility index (Phi) is 3.56. The van der Waals surface area contributed by atoms with E-state index < -0.39 is 15.4 Å². The molecule has 0 bridgehead atoms. The van der Waals surface area contributed by atoms with Crippen LogP contribution >= 0.6 is 0 Å². The summed E-state index contributed by atoms with van der Waals surface area (Å²) >= 11 is 0. The summed E-state index contributed by atoms with van der Waals surface area (Å²) in [4.78, 5) is 8.25. The molecule has 9 heteroatoms. The molecule has 2 aromatic heterocycles. The largest absolute Gasteiger partial charge is 0.339 e. The Labute approximate surface area is 129 Å². The van der Waals surface area contributed by atoms with Gasteiger partial charge < -0.3 is 9.09 Å². The second-order valence-electron chi connectivity index (χ2n) is 6.03. The molecule has 0 spiro atoms. The van der Waals surface area contributed by atoms with Crippen molar-refractivity contribution in [2.45, 2.75) is 37.1 Å². The Morgan fingerprint density at radius 1 is 1.41 bits per heavy atom. The summed E-state index contributed by atoms with van der Waals surface area (Å²) in [6, 6.07) is 0. The molecule has 0 unspecified atom stereocenters. The molecule has 1 fully saturated rings. The fourth-order valence-electron chi connectivity index (χ4n) is 2.77. The normalized spacial score (nSPS) is 23.8. The van der Waals surface area contributed by atoms with Crippen molar-refractivity contribution in [2.75, 3.05) is 13.1 Å². The third-order valence-corrected chi connectivity index (χ3v) is 5.72. The molecule has 2 aromatic rings. The van der Waals surface area contributed by atoms with Gasteiger partial charge in [-0.25, -0.2) is 13.4 Å². The van der Waals surface area contributed by atoms with E-state index in [0.29, 0.717) is 24.8 Å². The zero-order valence-corrected chi connectivity index (χ0v) is 13.7. The van der Waals surface area contributed by atoms with Crippen LogP contribution in [0.4, 0.5) is 0 Å². The molecule has 3 heterocycles. The van der Waals surface area contributed by atoms with Gasteiger partial charge in [0.1, 0.15) is 0 Å². The van der Waals surface area contributed by atoms with Crippen LogP contribution in [0.1, 0.15) is 31.5 Å². The van der Waals surface area contributed by atoms with Gasteiger partial charge in [-0.15, -0.1) is 0 Å².